The number of carbonyl (C=O) groups excluding carboxylic acids is 3. The number of esters is 1. The monoisotopic (exact) mass is 436 g/mol. The Labute approximate surface area is 183 Å². The molecule has 2 atom stereocenters. The van der Waals surface area contributed by atoms with E-state index < -0.39 is 25.2 Å². The van der Waals surface area contributed by atoms with Crippen molar-refractivity contribution in [2.75, 3.05) is 27.2 Å². The van der Waals surface area contributed by atoms with Gasteiger partial charge in [0, 0.05) is 12.1 Å². The Morgan fingerprint density at radius 3 is 2.26 bits per heavy atom. The third-order valence-electron chi connectivity index (χ3n) is 4.84. The molecule has 0 bridgehead atoms. The van der Waals surface area contributed by atoms with Crippen molar-refractivity contribution in [3.05, 3.63) is 29.8 Å². The minimum Gasteiger partial charge on any atom is -0.467 e. The topological polar surface area (TPSA) is 163 Å². The van der Waals surface area contributed by atoms with E-state index in [1.807, 2.05) is 0 Å². The van der Waals surface area contributed by atoms with Gasteiger partial charge < -0.3 is 36.5 Å². The Kier molecular flexibility index (Phi) is 12.4. The molecule has 10 nitrogen and oxygen atoms in total. The second kappa shape index (κ2) is 14.5. The molecule has 0 aromatic heterocycles. The fourth-order valence-electron chi connectivity index (χ4n) is 2.98. The van der Waals surface area contributed by atoms with E-state index in [4.69, 9.17) is 20.5 Å². The average molecular weight is 436 g/mol. The number of hydrogen-bond acceptors (Lipinski definition) is 8. The number of hydrogen-bond donors (Lipinski definition) is 6. The summed E-state index contributed by atoms with van der Waals surface area (Å²) in [7, 11) is 1.35. The van der Waals surface area contributed by atoms with E-state index in [0.717, 1.165) is 12.8 Å². The van der Waals surface area contributed by atoms with E-state index in [2.05, 4.69) is 16.0 Å². The molecule has 11 heteroatoms. The number of benzene rings is 1. The molecule has 0 spiro atoms. The quantitative estimate of drug-likeness (QED) is 0.114. The number of likely N-dealkylation sites (N-methyl/N-ethyl adjacent to an activating group) is 1. The smallest absolute Gasteiger partial charge is 0.467 e. The number of carbonyl (C=O) groups is 3. The van der Waals surface area contributed by atoms with Crippen LogP contribution in [0.1, 0.15) is 42.5 Å². The lowest BCUT2D eigenvalue weighted by Crippen LogP contribution is -2.49. The molecule has 0 fully saturated rings. The van der Waals surface area contributed by atoms with Crippen molar-refractivity contribution < 1.29 is 29.2 Å². The van der Waals surface area contributed by atoms with E-state index in [1.165, 1.54) is 31.4 Å². The summed E-state index contributed by atoms with van der Waals surface area (Å²) in [5, 5.41) is 26.6. The SMILES string of the molecule is CNC(CCCCN)C(=O)NC(CCCNC(=O)c1ccc(B(O)O)cc1)C(=O)OC. The fraction of sp³-hybridized carbons (Fsp3) is 0.550. The van der Waals surface area contributed by atoms with Crippen LogP contribution in [0.2, 0.25) is 0 Å². The molecule has 0 aliphatic heterocycles. The molecule has 2 unspecified atom stereocenters. The van der Waals surface area contributed by atoms with E-state index in [9.17, 15) is 14.4 Å². The van der Waals surface area contributed by atoms with Gasteiger partial charge in [-0.25, -0.2) is 4.79 Å². The highest BCUT2D eigenvalue weighted by molar-refractivity contribution is 6.58. The molecule has 172 valence electrons. The summed E-state index contributed by atoms with van der Waals surface area (Å²) in [6.07, 6.45) is 2.96. The first-order chi connectivity index (χ1) is 14.8. The highest BCUT2D eigenvalue weighted by atomic mass is 16.5. The number of rotatable bonds is 14. The van der Waals surface area contributed by atoms with E-state index in [1.54, 1.807) is 7.05 Å². The maximum atomic E-state index is 12.5. The van der Waals surface area contributed by atoms with E-state index >= 15 is 0 Å². The maximum Gasteiger partial charge on any atom is 0.488 e. The largest absolute Gasteiger partial charge is 0.488 e. The third-order valence-corrected chi connectivity index (χ3v) is 4.84. The Balaban J connectivity index is 2.52. The lowest BCUT2D eigenvalue weighted by atomic mass is 9.80. The summed E-state index contributed by atoms with van der Waals surface area (Å²) in [6, 6.07) is 4.64. The summed E-state index contributed by atoms with van der Waals surface area (Å²) in [4.78, 5) is 36.7. The number of amides is 2. The summed E-state index contributed by atoms with van der Waals surface area (Å²) in [5.74, 6) is -1.16. The normalized spacial score (nSPS) is 12.5. The first-order valence-corrected chi connectivity index (χ1v) is 10.3. The fourth-order valence-corrected chi connectivity index (χ4v) is 2.98. The molecular weight excluding hydrogens is 403 g/mol. The molecule has 0 aliphatic rings. The van der Waals surface area contributed by atoms with Gasteiger partial charge in [0.05, 0.1) is 13.2 Å². The van der Waals surface area contributed by atoms with Gasteiger partial charge in [0.25, 0.3) is 5.91 Å². The molecule has 31 heavy (non-hydrogen) atoms. The Hall–Kier alpha value is -2.47. The minimum absolute atomic E-state index is 0.287. The molecule has 0 heterocycles. The van der Waals surface area contributed by atoms with Crippen molar-refractivity contribution in [1.29, 1.82) is 0 Å². The molecule has 1 aromatic rings. The van der Waals surface area contributed by atoms with E-state index in [-0.39, 0.29) is 17.3 Å². The number of unbranched alkanes of at least 4 members (excludes halogenated alkanes) is 1. The molecule has 1 aromatic carbocycles. The first kappa shape index (κ1) is 26.6. The van der Waals surface area contributed by atoms with Crippen LogP contribution in [0.25, 0.3) is 0 Å². The first-order valence-electron chi connectivity index (χ1n) is 10.3. The average Bonchev–Trinajstić information content (AvgIpc) is 2.77. The zero-order chi connectivity index (χ0) is 23.2. The predicted molar refractivity (Wildman–Crippen MR) is 118 cm³/mol. The van der Waals surface area contributed by atoms with Crippen molar-refractivity contribution in [2.45, 2.75) is 44.2 Å². The Morgan fingerprint density at radius 1 is 1.06 bits per heavy atom. The van der Waals surface area contributed by atoms with Gasteiger partial charge in [-0.2, -0.15) is 0 Å². The number of nitrogens with two attached hydrogens (primary N) is 1. The molecule has 1 rings (SSSR count). The van der Waals surface area contributed by atoms with Crippen molar-refractivity contribution in [2.24, 2.45) is 5.73 Å². The minimum atomic E-state index is -1.59. The van der Waals surface area contributed by atoms with Crippen LogP contribution in [-0.2, 0) is 14.3 Å². The van der Waals surface area contributed by atoms with Crippen molar-refractivity contribution >= 4 is 30.4 Å². The molecule has 0 saturated carbocycles. The highest BCUT2D eigenvalue weighted by Gasteiger charge is 2.25. The summed E-state index contributed by atoms with van der Waals surface area (Å²) < 4.78 is 4.78. The van der Waals surface area contributed by atoms with Gasteiger partial charge in [-0.15, -0.1) is 0 Å². The van der Waals surface area contributed by atoms with Gasteiger partial charge in [0.2, 0.25) is 5.91 Å². The van der Waals surface area contributed by atoms with Crippen LogP contribution in [0.3, 0.4) is 0 Å². The molecule has 0 radical (unpaired) electrons. The van der Waals surface area contributed by atoms with Gasteiger partial charge >= 0.3 is 13.1 Å². The van der Waals surface area contributed by atoms with Crippen LogP contribution >= 0.6 is 0 Å². The predicted octanol–water partition coefficient (Wildman–Crippen LogP) is -1.75. The molecule has 0 saturated heterocycles. The maximum absolute atomic E-state index is 12.5. The second-order valence-electron chi connectivity index (χ2n) is 7.10. The van der Waals surface area contributed by atoms with E-state index in [0.29, 0.717) is 37.9 Å². The molecule has 2 amide bonds. The van der Waals surface area contributed by atoms with Gasteiger partial charge in [-0.1, -0.05) is 18.6 Å². The Morgan fingerprint density at radius 2 is 1.71 bits per heavy atom. The second-order valence-corrected chi connectivity index (χ2v) is 7.10. The summed E-state index contributed by atoms with van der Waals surface area (Å²) >= 11 is 0. The van der Waals surface area contributed by atoms with Crippen LogP contribution in [-0.4, -0.2) is 74.3 Å². The third kappa shape index (κ3) is 9.47. The van der Waals surface area contributed by atoms with Gasteiger partial charge in [0.1, 0.15) is 6.04 Å². The highest BCUT2D eigenvalue weighted by Crippen LogP contribution is 2.05. The lowest BCUT2D eigenvalue weighted by Gasteiger charge is -2.21. The van der Waals surface area contributed by atoms with Crippen LogP contribution in [0.15, 0.2) is 24.3 Å². The van der Waals surface area contributed by atoms with Crippen molar-refractivity contribution in [3.8, 4) is 0 Å². The summed E-state index contributed by atoms with van der Waals surface area (Å²) in [6.45, 7) is 0.848. The van der Waals surface area contributed by atoms with Gasteiger partial charge in [0.15, 0.2) is 0 Å². The molecule has 7 N–H and O–H groups in total. The zero-order valence-corrected chi connectivity index (χ0v) is 18.1. The molecule has 0 aliphatic carbocycles. The summed E-state index contributed by atoms with van der Waals surface area (Å²) in [5.41, 5.74) is 6.14. The lowest BCUT2D eigenvalue weighted by molar-refractivity contribution is -0.145. The van der Waals surface area contributed by atoms with Crippen LogP contribution in [0.5, 0.6) is 0 Å². The van der Waals surface area contributed by atoms with Crippen molar-refractivity contribution in [1.82, 2.24) is 16.0 Å². The number of nitrogens with one attached hydrogen (secondary N) is 3. The van der Waals surface area contributed by atoms with Crippen LogP contribution in [0.4, 0.5) is 0 Å². The van der Waals surface area contributed by atoms with Gasteiger partial charge in [-0.3, -0.25) is 9.59 Å². The molecular formula is C20H33BN4O6. The van der Waals surface area contributed by atoms with Crippen LogP contribution < -0.4 is 27.1 Å². The number of ether oxygens (including phenoxy) is 1. The van der Waals surface area contributed by atoms with Gasteiger partial charge in [-0.05, 0) is 56.9 Å². The van der Waals surface area contributed by atoms with Crippen LogP contribution in [0, 0.1) is 0 Å². The van der Waals surface area contributed by atoms with Crippen molar-refractivity contribution in [3.63, 3.8) is 0 Å². The standard InChI is InChI=1S/C20H33BN4O6/c1-23-16(6-3-4-12-22)19(27)25-17(20(28)31-2)7-5-13-24-18(26)14-8-10-15(11-9-14)21(29)30/h8-11,16-17,23,29-30H,3-7,12-13,22H2,1-2H3,(H,24,26)(H,25,27). The zero-order valence-electron chi connectivity index (χ0n) is 18.1. The number of methoxy groups -OCH3 is 1. The Bertz CT molecular complexity index is 701.